The highest BCUT2D eigenvalue weighted by molar-refractivity contribution is 7.98. The van der Waals surface area contributed by atoms with Gasteiger partial charge in [0.25, 0.3) is 0 Å². The van der Waals surface area contributed by atoms with Gasteiger partial charge >= 0.3 is 12.1 Å². The largest absolute Gasteiger partial charge is 0.467 e. The molecular weight excluding hydrogens is 320 g/mol. The van der Waals surface area contributed by atoms with Gasteiger partial charge in [0.2, 0.25) is 5.91 Å². The quantitative estimate of drug-likeness (QED) is 0.758. The first-order chi connectivity index (χ1) is 10.7. The molecule has 1 fully saturated rings. The zero-order chi connectivity index (χ0) is 17.6. The van der Waals surface area contributed by atoms with E-state index in [-0.39, 0.29) is 5.91 Å². The van der Waals surface area contributed by atoms with Crippen LogP contribution in [-0.4, -0.2) is 66.2 Å². The maximum absolute atomic E-state index is 12.7. The SMILES string of the molecule is COC(=O)[C@@H]1CCCN1C(=O)[C@H](CSC)NC(=O)OC(C)(C)C. The van der Waals surface area contributed by atoms with Gasteiger partial charge in [-0.05, 0) is 39.9 Å². The summed E-state index contributed by atoms with van der Waals surface area (Å²) in [7, 11) is 1.31. The molecule has 8 heteroatoms. The molecule has 132 valence electrons. The molecule has 1 saturated heterocycles. The molecule has 7 nitrogen and oxygen atoms in total. The standard InChI is InChI=1S/C15H26N2O5S/c1-15(2,3)22-14(20)16-10(9-23-5)12(18)17-8-6-7-11(17)13(19)21-4/h10-11H,6-9H2,1-5H3,(H,16,20)/t10-,11-/m0/s1. The van der Waals surface area contributed by atoms with Crippen LogP contribution in [0.25, 0.3) is 0 Å². The van der Waals surface area contributed by atoms with Gasteiger partial charge in [0.15, 0.2) is 0 Å². The van der Waals surface area contributed by atoms with E-state index in [1.165, 1.54) is 23.8 Å². The topological polar surface area (TPSA) is 84.9 Å². The Labute approximate surface area is 141 Å². The van der Waals surface area contributed by atoms with E-state index in [4.69, 9.17) is 9.47 Å². The second-order valence-corrected chi connectivity index (χ2v) is 7.28. The molecule has 1 aliphatic heterocycles. The third-order valence-electron chi connectivity index (χ3n) is 3.33. The summed E-state index contributed by atoms with van der Waals surface area (Å²) in [6, 6.07) is -1.30. The fourth-order valence-corrected chi connectivity index (χ4v) is 2.96. The second-order valence-electron chi connectivity index (χ2n) is 6.37. The van der Waals surface area contributed by atoms with Crippen molar-refractivity contribution in [3.8, 4) is 0 Å². The number of ether oxygens (including phenoxy) is 2. The molecule has 0 unspecified atom stereocenters. The fourth-order valence-electron chi connectivity index (χ4n) is 2.40. The van der Waals surface area contributed by atoms with Crippen LogP contribution in [0.2, 0.25) is 0 Å². The van der Waals surface area contributed by atoms with Crippen LogP contribution in [-0.2, 0) is 19.1 Å². The highest BCUT2D eigenvalue weighted by Gasteiger charge is 2.38. The van der Waals surface area contributed by atoms with Gasteiger partial charge in [0.05, 0.1) is 7.11 Å². The van der Waals surface area contributed by atoms with E-state index in [0.29, 0.717) is 18.7 Å². The Hall–Kier alpha value is -1.44. The van der Waals surface area contributed by atoms with E-state index in [2.05, 4.69) is 5.32 Å². The number of likely N-dealkylation sites (tertiary alicyclic amines) is 1. The maximum atomic E-state index is 12.7. The smallest absolute Gasteiger partial charge is 0.408 e. The molecule has 1 rings (SSSR count). The number of hydrogen-bond donors (Lipinski definition) is 1. The molecule has 1 heterocycles. The van der Waals surface area contributed by atoms with Gasteiger partial charge in [-0.15, -0.1) is 0 Å². The Morgan fingerprint density at radius 1 is 1.35 bits per heavy atom. The summed E-state index contributed by atoms with van der Waals surface area (Å²) < 4.78 is 9.95. The number of hydrogen-bond acceptors (Lipinski definition) is 6. The molecule has 2 atom stereocenters. The van der Waals surface area contributed by atoms with Crippen molar-refractivity contribution in [3.63, 3.8) is 0 Å². The molecule has 1 N–H and O–H groups in total. The molecule has 0 aromatic heterocycles. The number of nitrogens with zero attached hydrogens (tertiary/aromatic N) is 1. The van der Waals surface area contributed by atoms with Gasteiger partial charge in [0.1, 0.15) is 17.7 Å². The second kappa shape index (κ2) is 8.42. The molecule has 1 aliphatic rings. The number of thioether (sulfide) groups is 1. The number of alkyl carbamates (subject to hydrolysis) is 1. The van der Waals surface area contributed by atoms with Crippen molar-refractivity contribution in [3.05, 3.63) is 0 Å². The van der Waals surface area contributed by atoms with Crippen molar-refractivity contribution in [1.29, 1.82) is 0 Å². The summed E-state index contributed by atoms with van der Waals surface area (Å²) in [4.78, 5) is 37.9. The Kier molecular flexibility index (Phi) is 7.18. The normalized spacial score (nSPS) is 19.2. The fraction of sp³-hybridized carbons (Fsp3) is 0.800. The van der Waals surface area contributed by atoms with Crippen LogP contribution in [0.1, 0.15) is 33.6 Å². The third-order valence-corrected chi connectivity index (χ3v) is 4.00. The minimum Gasteiger partial charge on any atom is -0.467 e. The molecule has 0 aromatic carbocycles. The van der Waals surface area contributed by atoms with Crippen molar-refractivity contribution in [2.45, 2.75) is 51.3 Å². The average molecular weight is 346 g/mol. The Morgan fingerprint density at radius 3 is 2.52 bits per heavy atom. The lowest BCUT2D eigenvalue weighted by Crippen LogP contribution is -2.53. The number of amides is 2. The van der Waals surface area contributed by atoms with Gasteiger partial charge in [-0.2, -0.15) is 11.8 Å². The molecule has 0 aromatic rings. The van der Waals surface area contributed by atoms with Crippen LogP contribution in [0.4, 0.5) is 4.79 Å². The van der Waals surface area contributed by atoms with E-state index in [9.17, 15) is 14.4 Å². The molecule has 2 amide bonds. The van der Waals surface area contributed by atoms with E-state index in [1.807, 2.05) is 6.26 Å². The number of carbonyl (C=O) groups excluding carboxylic acids is 3. The highest BCUT2D eigenvalue weighted by atomic mass is 32.2. The lowest BCUT2D eigenvalue weighted by Gasteiger charge is -2.28. The number of carbonyl (C=O) groups is 3. The number of esters is 1. The molecule has 0 aliphatic carbocycles. The number of nitrogens with one attached hydrogen (secondary N) is 1. The Morgan fingerprint density at radius 2 is 2.00 bits per heavy atom. The summed E-state index contributed by atoms with van der Waals surface area (Å²) in [5.41, 5.74) is -0.640. The number of methoxy groups -OCH3 is 1. The lowest BCUT2D eigenvalue weighted by atomic mass is 10.2. The Balaban J connectivity index is 2.77. The van der Waals surface area contributed by atoms with Crippen molar-refractivity contribution in [2.24, 2.45) is 0 Å². The van der Waals surface area contributed by atoms with Crippen molar-refractivity contribution < 1.29 is 23.9 Å². The summed E-state index contributed by atoms with van der Waals surface area (Å²) in [5, 5.41) is 2.60. The van der Waals surface area contributed by atoms with Gasteiger partial charge in [0, 0.05) is 12.3 Å². The molecule has 0 radical (unpaired) electrons. The minimum atomic E-state index is -0.731. The van der Waals surface area contributed by atoms with E-state index in [0.717, 1.165) is 6.42 Å². The van der Waals surface area contributed by atoms with Crippen LogP contribution in [0, 0.1) is 0 Å². The highest BCUT2D eigenvalue weighted by Crippen LogP contribution is 2.20. The molecule has 0 saturated carbocycles. The van der Waals surface area contributed by atoms with Crippen LogP contribution in [0.3, 0.4) is 0 Å². The number of rotatable bonds is 5. The molecular formula is C15H26N2O5S. The van der Waals surface area contributed by atoms with E-state index < -0.39 is 29.7 Å². The zero-order valence-corrected chi connectivity index (χ0v) is 15.2. The van der Waals surface area contributed by atoms with Crippen molar-refractivity contribution >= 4 is 29.7 Å². The van der Waals surface area contributed by atoms with Crippen LogP contribution >= 0.6 is 11.8 Å². The van der Waals surface area contributed by atoms with Gasteiger partial charge in [-0.25, -0.2) is 9.59 Å². The summed E-state index contributed by atoms with van der Waals surface area (Å²) in [6.45, 7) is 5.75. The molecule has 0 spiro atoms. The molecule has 0 bridgehead atoms. The van der Waals surface area contributed by atoms with E-state index >= 15 is 0 Å². The van der Waals surface area contributed by atoms with Gasteiger partial charge in [-0.3, -0.25) is 4.79 Å². The zero-order valence-electron chi connectivity index (χ0n) is 14.4. The third kappa shape index (κ3) is 5.93. The summed E-state index contributed by atoms with van der Waals surface area (Å²) in [6.07, 6.45) is 2.53. The Bertz CT molecular complexity index is 450. The first-order valence-electron chi connectivity index (χ1n) is 7.56. The van der Waals surface area contributed by atoms with Crippen molar-refractivity contribution in [1.82, 2.24) is 10.2 Å². The first-order valence-corrected chi connectivity index (χ1v) is 8.95. The predicted molar refractivity (Wildman–Crippen MR) is 88.3 cm³/mol. The van der Waals surface area contributed by atoms with Gasteiger partial charge < -0.3 is 19.7 Å². The van der Waals surface area contributed by atoms with Crippen LogP contribution in [0.15, 0.2) is 0 Å². The van der Waals surface area contributed by atoms with Crippen LogP contribution < -0.4 is 5.32 Å². The summed E-state index contributed by atoms with van der Waals surface area (Å²) in [5.74, 6) is -0.295. The summed E-state index contributed by atoms with van der Waals surface area (Å²) >= 11 is 1.44. The maximum Gasteiger partial charge on any atom is 0.408 e. The minimum absolute atomic E-state index is 0.280. The van der Waals surface area contributed by atoms with Crippen molar-refractivity contribution in [2.75, 3.05) is 25.7 Å². The lowest BCUT2D eigenvalue weighted by molar-refractivity contribution is -0.151. The van der Waals surface area contributed by atoms with Crippen LogP contribution in [0.5, 0.6) is 0 Å². The predicted octanol–water partition coefficient (Wildman–Crippen LogP) is 1.41. The first kappa shape index (κ1) is 19.6. The average Bonchev–Trinajstić information content (AvgIpc) is 2.92. The van der Waals surface area contributed by atoms with Gasteiger partial charge in [-0.1, -0.05) is 0 Å². The molecule has 23 heavy (non-hydrogen) atoms. The van der Waals surface area contributed by atoms with E-state index in [1.54, 1.807) is 20.8 Å². The monoisotopic (exact) mass is 346 g/mol.